The molecule has 0 amide bonds. The second kappa shape index (κ2) is 18.8. The van der Waals surface area contributed by atoms with Crippen molar-refractivity contribution in [3.63, 3.8) is 0 Å². The van der Waals surface area contributed by atoms with Gasteiger partial charge in [0.1, 0.15) is 13.1 Å². The average Bonchev–Trinajstić information content (AvgIpc) is 3.15. The quantitative estimate of drug-likeness (QED) is 0.113. The highest BCUT2D eigenvalue weighted by atomic mass is 15.1. The van der Waals surface area contributed by atoms with Crippen LogP contribution in [0.15, 0.2) is 121 Å². The molecule has 0 N–H and O–H groups in total. The van der Waals surface area contributed by atoms with Crippen LogP contribution >= 0.6 is 0 Å². The second-order valence-corrected chi connectivity index (χ2v) is 12.2. The van der Waals surface area contributed by atoms with Gasteiger partial charge in [0.05, 0.1) is 0 Å². The molecule has 0 aliphatic heterocycles. The zero-order valence-electron chi connectivity index (χ0n) is 31.4. The van der Waals surface area contributed by atoms with Crippen LogP contribution in [0.2, 0.25) is 0 Å². The van der Waals surface area contributed by atoms with Crippen LogP contribution in [-0.4, -0.2) is 62.6 Å². The second-order valence-electron chi connectivity index (χ2n) is 12.2. The van der Waals surface area contributed by atoms with Gasteiger partial charge in [0, 0.05) is 68.5 Å². The highest BCUT2D eigenvalue weighted by Crippen LogP contribution is 2.31. The standard InChI is InChI=1S/C45H59N4/c1-9-46(10-2)40-30-26-36(27-31-40)44(38-20-17-22-42(34-38)48(13-5)14-6)24-19-25-45(37-28-32-41(33-29-37)47(11-3)12-4)39-21-18-23-43(35-39)49(15-7)16-8/h17-35H,9-16H2,1-8H3/q+1. The summed E-state index contributed by atoms with van der Waals surface area (Å²) in [5.74, 6) is 0. The molecule has 0 spiro atoms. The predicted octanol–water partition coefficient (Wildman–Crippen LogP) is 10.3. The highest BCUT2D eigenvalue weighted by molar-refractivity contribution is 6.03. The molecule has 258 valence electrons. The smallest absolute Gasteiger partial charge is 0.199 e. The van der Waals surface area contributed by atoms with Crippen molar-refractivity contribution in [2.45, 2.75) is 55.4 Å². The Morgan fingerprint density at radius 1 is 0.531 bits per heavy atom. The van der Waals surface area contributed by atoms with Crippen LogP contribution < -0.4 is 14.7 Å². The summed E-state index contributed by atoms with van der Waals surface area (Å²) in [5.41, 5.74) is 12.3. The number of hydrogen-bond acceptors (Lipinski definition) is 3. The van der Waals surface area contributed by atoms with Gasteiger partial charge in [0.15, 0.2) is 5.71 Å². The minimum absolute atomic E-state index is 0.982. The Morgan fingerprint density at radius 3 is 1.53 bits per heavy atom. The Labute approximate surface area is 297 Å². The third-order valence-corrected chi connectivity index (χ3v) is 9.71. The van der Waals surface area contributed by atoms with Crippen molar-refractivity contribution in [3.8, 4) is 0 Å². The van der Waals surface area contributed by atoms with E-state index in [1.165, 1.54) is 56.2 Å². The SMILES string of the molecule is CCN(CC)c1ccc(C(=CC=CC(=C2C=CC(=[N+](CC)CC)C=C2)c2cccc(N(CC)CC)c2)c2cccc(N(CC)CC)c2)cc1. The number of allylic oxidation sites excluding steroid dienone is 9. The fraction of sp³-hybridized carbons (Fsp3) is 0.356. The van der Waals surface area contributed by atoms with E-state index >= 15 is 0 Å². The van der Waals surface area contributed by atoms with E-state index < -0.39 is 0 Å². The molecular weight excluding hydrogens is 597 g/mol. The third-order valence-electron chi connectivity index (χ3n) is 9.71. The van der Waals surface area contributed by atoms with Crippen LogP contribution in [0.3, 0.4) is 0 Å². The van der Waals surface area contributed by atoms with Crippen molar-refractivity contribution in [2.75, 3.05) is 67.1 Å². The van der Waals surface area contributed by atoms with Gasteiger partial charge in [0.2, 0.25) is 0 Å². The van der Waals surface area contributed by atoms with Crippen molar-refractivity contribution in [3.05, 3.63) is 138 Å². The first kappa shape index (κ1) is 37.3. The molecule has 0 saturated heterocycles. The Bertz CT molecular complexity index is 1660. The lowest BCUT2D eigenvalue weighted by atomic mass is 9.94. The topological polar surface area (TPSA) is 12.7 Å². The molecule has 3 aromatic carbocycles. The molecule has 4 nitrogen and oxygen atoms in total. The maximum absolute atomic E-state index is 2.41. The van der Waals surface area contributed by atoms with Gasteiger partial charge in [0.25, 0.3) is 0 Å². The van der Waals surface area contributed by atoms with Crippen molar-refractivity contribution in [1.29, 1.82) is 0 Å². The molecule has 0 fully saturated rings. The molecule has 0 bridgehead atoms. The molecule has 0 unspecified atom stereocenters. The summed E-state index contributed by atoms with van der Waals surface area (Å²) >= 11 is 0. The Balaban J connectivity index is 1.87. The monoisotopic (exact) mass is 655 g/mol. The third kappa shape index (κ3) is 9.32. The van der Waals surface area contributed by atoms with E-state index in [4.69, 9.17) is 0 Å². The first-order valence-electron chi connectivity index (χ1n) is 18.6. The molecule has 4 rings (SSSR count). The Morgan fingerprint density at radius 2 is 1.02 bits per heavy atom. The normalized spacial score (nSPS) is 12.9. The molecule has 0 saturated carbocycles. The maximum Gasteiger partial charge on any atom is 0.199 e. The summed E-state index contributed by atoms with van der Waals surface area (Å²) < 4.78 is 2.40. The van der Waals surface area contributed by atoms with Gasteiger partial charge in [-0.25, -0.2) is 4.58 Å². The molecule has 0 heterocycles. The first-order valence-corrected chi connectivity index (χ1v) is 18.6. The van der Waals surface area contributed by atoms with Gasteiger partial charge in [-0.15, -0.1) is 0 Å². The van der Waals surface area contributed by atoms with E-state index in [1.54, 1.807) is 0 Å². The van der Waals surface area contributed by atoms with Gasteiger partial charge in [-0.2, -0.15) is 0 Å². The van der Waals surface area contributed by atoms with E-state index in [1.807, 2.05) is 0 Å². The zero-order valence-corrected chi connectivity index (χ0v) is 31.4. The highest BCUT2D eigenvalue weighted by Gasteiger charge is 2.14. The lowest BCUT2D eigenvalue weighted by molar-refractivity contribution is -0.519. The Hall–Kier alpha value is -4.57. The molecule has 0 atom stereocenters. The van der Waals surface area contributed by atoms with Crippen LogP contribution in [0.1, 0.15) is 72.1 Å². The largest absolute Gasteiger partial charge is 0.372 e. The number of hydrogen-bond donors (Lipinski definition) is 0. The molecule has 0 radical (unpaired) electrons. The molecule has 1 aliphatic carbocycles. The summed E-state index contributed by atoms with van der Waals surface area (Å²) in [4.78, 5) is 7.22. The predicted molar refractivity (Wildman–Crippen MR) is 218 cm³/mol. The van der Waals surface area contributed by atoms with E-state index in [-0.39, 0.29) is 0 Å². The van der Waals surface area contributed by atoms with Crippen LogP contribution in [0.5, 0.6) is 0 Å². The summed E-state index contributed by atoms with van der Waals surface area (Å²) in [6.07, 6.45) is 15.9. The molecular formula is C45H59N4+. The molecule has 0 aromatic heterocycles. The Kier molecular flexibility index (Phi) is 14.3. The van der Waals surface area contributed by atoms with Gasteiger partial charge >= 0.3 is 0 Å². The lowest BCUT2D eigenvalue weighted by Crippen LogP contribution is -2.21. The lowest BCUT2D eigenvalue weighted by Gasteiger charge is -2.23. The van der Waals surface area contributed by atoms with E-state index in [0.29, 0.717) is 0 Å². The van der Waals surface area contributed by atoms with Crippen LogP contribution in [-0.2, 0) is 0 Å². The average molecular weight is 656 g/mol. The van der Waals surface area contributed by atoms with Gasteiger partial charge in [-0.1, -0.05) is 54.6 Å². The van der Waals surface area contributed by atoms with Gasteiger partial charge in [-0.05, 0) is 137 Å². The minimum atomic E-state index is 0.982. The summed E-state index contributed by atoms with van der Waals surface area (Å²) in [6.45, 7) is 25.7. The first-order chi connectivity index (χ1) is 23.9. The van der Waals surface area contributed by atoms with Crippen molar-refractivity contribution < 1.29 is 4.58 Å². The minimum Gasteiger partial charge on any atom is -0.372 e. The van der Waals surface area contributed by atoms with E-state index in [2.05, 4.69) is 190 Å². The van der Waals surface area contributed by atoms with Gasteiger partial charge < -0.3 is 14.7 Å². The van der Waals surface area contributed by atoms with Gasteiger partial charge in [-0.3, -0.25) is 0 Å². The van der Waals surface area contributed by atoms with Crippen LogP contribution in [0.4, 0.5) is 17.1 Å². The fourth-order valence-corrected chi connectivity index (χ4v) is 6.76. The summed E-state index contributed by atoms with van der Waals surface area (Å²) in [6, 6.07) is 27.1. The van der Waals surface area contributed by atoms with Crippen LogP contribution in [0.25, 0.3) is 11.1 Å². The van der Waals surface area contributed by atoms with Crippen LogP contribution in [0, 0.1) is 0 Å². The number of anilines is 3. The molecule has 4 heteroatoms. The van der Waals surface area contributed by atoms with E-state index in [0.717, 1.165) is 52.4 Å². The van der Waals surface area contributed by atoms with E-state index in [9.17, 15) is 0 Å². The maximum atomic E-state index is 2.41. The van der Waals surface area contributed by atoms with Crippen molar-refractivity contribution in [2.24, 2.45) is 0 Å². The molecule has 3 aromatic rings. The summed E-state index contributed by atoms with van der Waals surface area (Å²) in [5, 5.41) is 0. The number of benzene rings is 3. The number of nitrogens with zero attached hydrogens (tertiary/aromatic N) is 4. The zero-order chi connectivity index (χ0) is 35.2. The number of rotatable bonds is 16. The van der Waals surface area contributed by atoms with Crippen molar-refractivity contribution >= 4 is 33.9 Å². The fourth-order valence-electron chi connectivity index (χ4n) is 6.76. The molecule has 49 heavy (non-hydrogen) atoms. The molecule has 1 aliphatic rings. The summed E-state index contributed by atoms with van der Waals surface area (Å²) in [7, 11) is 0. The van der Waals surface area contributed by atoms with Crippen molar-refractivity contribution in [1.82, 2.24) is 0 Å².